The molecule has 0 bridgehead atoms. The van der Waals surface area contributed by atoms with Crippen LogP contribution in [0.15, 0.2) is 0 Å². The molecule has 0 aliphatic rings. The fourth-order valence-corrected chi connectivity index (χ4v) is 0. The summed E-state index contributed by atoms with van der Waals surface area (Å²) in [5.41, 5.74) is 0. The SMILES string of the molecule is O.[CH3-].[CH3-].[CH3-].[CH3-].[CH3-].[Y+3].[Y]. The van der Waals surface area contributed by atoms with Crippen molar-refractivity contribution in [3.8, 4) is 0 Å². The molecule has 1 radical (unpaired) electrons. The van der Waals surface area contributed by atoms with Crippen LogP contribution in [-0.2, 0) is 65.4 Å². The van der Waals surface area contributed by atoms with E-state index in [1.165, 1.54) is 0 Å². The molecule has 0 fully saturated rings. The van der Waals surface area contributed by atoms with Gasteiger partial charge in [0, 0.05) is 32.7 Å². The molecule has 1 nitrogen and oxygen atoms in total. The van der Waals surface area contributed by atoms with Gasteiger partial charge in [0.25, 0.3) is 0 Å². The summed E-state index contributed by atoms with van der Waals surface area (Å²) in [6.07, 6.45) is 0. The van der Waals surface area contributed by atoms with Gasteiger partial charge in [-0.1, -0.05) is 0 Å². The van der Waals surface area contributed by atoms with Crippen molar-refractivity contribution < 1.29 is 70.9 Å². The van der Waals surface area contributed by atoms with Gasteiger partial charge in [-0.25, -0.2) is 0 Å². The summed E-state index contributed by atoms with van der Waals surface area (Å²) < 4.78 is 0. The predicted octanol–water partition coefficient (Wildman–Crippen LogP) is 1.42. The van der Waals surface area contributed by atoms with Gasteiger partial charge in [0.05, 0.1) is 0 Å². The average Bonchev–Trinajstić information content (AvgIpc) is 0. The van der Waals surface area contributed by atoms with E-state index < -0.39 is 0 Å². The van der Waals surface area contributed by atoms with Gasteiger partial charge in [0.2, 0.25) is 0 Å². The van der Waals surface area contributed by atoms with E-state index in [0.717, 1.165) is 0 Å². The molecule has 8 heavy (non-hydrogen) atoms. The Morgan fingerprint density at radius 2 is 0.500 bits per heavy atom. The van der Waals surface area contributed by atoms with E-state index in [1.807, 2.05) is 0 Å². The van der Waals surface area contributed by atoms with Crippen LogP contribution in [0.2, 0.25) is 0 Å². The van der Waals surface area contributed by atoms with E-state index in [-0.39, 0.29) is 108 Å². The minimum absolute atomic E-state index is 0. The average molecular weight is 271 g/mol. The van der Waals surface area contributed by atoms with Gasteiger partial charge in [0.1, 0.15) is 0 Å². The second-order valence-corrected chi connectivity index (χ2v) is 0. The zero-order valence-electron chi connectivity index (χ0n) is 6.65. The van der Waals surface area contributed by atoms with Crippen molar-refractivity contribution in [1.82, 2.24) is 0 Å². The van der Waals surface area contributed by atoms with Crippen LogP contribution in [0.1, 0.15) is 0 Å². The largest absolute Gasteiger partial charge is 3.00 e. The van der Waals surface area contributed by atoms with E-state index in [4.69, 9.17) is 0 Å². The van der Waals surface area contributed by atoms with Crippen molar-refractivity contribution in [3.05, 3.63) is 37.1 Å². The molecule has 0 aromatic rings. The predicted molar refractivity (Wildman–Crippen MR) is 35.7 cm³/mol. The number of hydrogen-bond acceptors (Lipinski definition) is 0. The Morgan fingerprint density at radius 3 is 0.500 bits per heavy atom. The Morgan fingerprint density at radius 1 is 0.500 bits per heavy atom. The molecule has 0 aromatic heterocycles. The van der Waals surface area contributed by atoms with Gasteiger partial charge in [0.15, 0.2) is 0 Å². The maximum Gasteiger partial charge on any atom is 3.00 e. The number of hydrogen-bond donors (Lipinski definition) is 0. The van der Waals surface area contributed by atoms with E-state index in [0.29, 0.717) is 0 Å². The molecule has 0 rings (SSSR count). The van der Waals surface area contributed by atoms with E-state index in [1.54, 1.807) is 0 Å². The molecule has 0 saturated carbocycles. The summed E-state index contributed by atoms with van der Waals surface area (Å²) in [4.78, 5) is 0. The molecule has 0 aliphatic heterocycles. The fourth-order valence-electron chi connectivity index (χ4n) is 0. The second-order valence-electron chi connectivity index (χ2n) is 0. The molecular weight excluding hydrogens is 254 g/mol. The van der Waals surface area contributed by atoms with E-state index in [2.05, 4.69) is 0 Å². The molecule has 0 heterocycles. The van der Waals surface area contributed by atoms with Gasteiger partial charge in [-0.2, -0.15) is 0 Å². The van der Waals surface area contributed by atoms with Gasteiger partial charge >= 0.3 is 32.7 Å². The quantitative estimate of drug-likeness (QED) is 0.597. The first-order chi connectivity index (χ1) is 0. The van der Waals surface area contributed by atoms with Crippen LogP contribution in [0, 0.1) is 37.1 Å². The zero-order chi connectivity index (χ0) is 0. The first kappa shape index (κ1) is 182. The van der Waals surface area contributed by atoms with Crippen LogP contribution in [0.4, 0.5) is 0 Å². The third-order valence-electron chi connectivity index (χ3n) is 0. The fraction of sp³-hybridized carbons (Fsp3) is 0. The topological polar surface area (TPSA) is 31.5 Å². The maximum absolute atomic E-state index is 0. The molecule has 0 atom stereocenters. The van der Waals surface area contributed by atoms with Gasteiger partial charge in [-0.05, 0) is 0 Å². The summed E-state index contributed by atoms with van der Waals surface area (Å²) in [5, 5.41) is 0. The van der Waals surface area contributed by atoms with Crippen molar-refractivity contribution >= 4 is 0 Å². The van der Waals surface area contributed by atoms with E-state index >= 15 is 0 Å². The molecule has 51 valence electrons. The van der Waals surface area contributed by atoms with Crippen molar-refractivity contribution in [3.63, 3.8) is 0 Å². The maximum atomic E-state index is 0. The summed E-state index contributed by atoms with van der Waals surface area (Å²) in [5.74, 6) is 0. The minimum atomic E-state index is 0. The van der Waals surface area contributed by atoms with Crippen molar-refractivity contribution in [2.24, 2.45) is 0 Å². The zero-order valence-corrected chi connectivity index (χ0v) is 12.3. The molecule has 0 aromatic carbocycles. The van der Waals surface area contributed by atoms with Gasteiger partial charge in [-0.15, -0.1) is 0 Å². The Kier molecular flexibility index (Phi) is 2960. The Bertz CT molecular complexity index is 10.4. The molecular formula is C5H17OY2-2. The standard InChI is InChI=1S/5CH3.H2O.2Y/h5*1H3;1H2;;/q5*-1;;;+3. The molecule has 0 spiro atoms. The molecule has 0 amide bonds. The Hall–Kier alpha value is 2.17. The first-order valence-corrected chi connectivity index (χ1v) is 0. The number of rotatable bonds is 0. The third kappa shape index (κ3) is 89.3. The third-order valence-corrected chi connectivity index (χ3v) is 0. The second kappa shape index (κ2) is 130. The summed E-state index contributed by atoms with van der Waals surface area (Å²) in [6.45, 7) is 0. The summed E-state index contributed by atoms with van der Waals surface area (Å²) in [7, 11) is 0. The van der Waals surface area contributed by atoms with Crippen molar-refractivity contribution in [1.29, 1.82) is 0 Å². The smallest absolute Gasteiger partial charge is 0.412 e. The molecule has 0 saturated heterocycles. The van der Waals surface area contributed by atoms with Crippen LogP contribution in [0.5, 0.6) is 0 Å². The van der Waals surface area contributed by atoms with Gasteiger partial charge < -0.3 is 42.6 Å². The minimum Gasteiger partial charge on any atom is -0.412 e. The monoisotopic (exact) mass is 271 g/mol. The summed E-state index contributed by atoms with van der Waals surface area (Å²) >= 11 is 0. The van der Waals surface area contributed by atoms with Crippen LogP contribution >= 0.6 is 0 Å². The normalized spacial score (nSPS) is 0. The van der Waals surface area contributed by atoms with Crippen LogP contribution in [-0.4, -0.2) is 5.48 Å². The Labute approximate surface area is 106 Å². The molecule has 0 aliphatic carbocycles. The summed E-state index contributed by atoms with van der Waals surface area (Å²) in [6, 6.07) is 0. The van der Waals surface area contributed by atoms with Crippen LogP contribution in [0.25, 0.3) is 0 Å². The molecule has 3 heteroatoms. The van der Waals surface area contributed by atoms with Crippen molar-refractivity contribution in [2.45, 2.75) is 0 Å². The Balaban J connectivity index is 0. The van der Waals surface area contributed by atoms with Crippen LogP contribution in [0.3, 0.4) is 0 Å². The van der Waals surface area contributed by atoms with Gasteiger partial charge in [-0.3, -0.25) is 0 Å². The van der Waals surface area contributed by atoms with Crippen molar-refractivity contribution in [2.75, 3.05) is 0 Å². The molecule has 2 N–H and O–H groups in total. The van der Waals surface area contributed by atoms with E-state index in [9.17, 15) is 0 Å². The van der Waals surface area contributed by atoms with Crippen LogP contribution < -0.4 is 0 Å². The molecule has 0 unspecified atom stereocenters. The first-order valence-electron chi connectivity index (χ1n) is 0.